The molecule has 0 N–H and O–H groups in total. The van der Waals surface area contributed by atoms with Crippen LogP contribution in [0, 0.1) is 0 Å². The van der Waals surface area contributed by atoms with E-state index >= 15 is 0 Å². The second-order valence-corrected chi connectivity index (χ2v) is 4.96. The molecule has 1 fully saturated rings. The first-order chi connectivity index (χ1) is 6.74. The van der Waals surface area contributed by atoms with Crippen LogP contribution < -0.4 is 0 Å². The molecule has 0 spiro atoms. The van der Waals surface area contributed by atoms with Crippen LogP contribution >= 0.6 is 11.3 Å². The third kappa shape index (κ3) is 1.85. The van der Waals surface area contributed by atoms with E-state index in [0.717, 1.165) is 12.8 Å². The molecule has 0 radical (unpaired) electrons. The SMILES string of the molecule is COCOC1CC(C)(c2ccsc2)C1. The molecule has 2 nitrogen and oxygen atoms in total. The standard InChI is InChI=1S/C11H16O2S/c1-11(9-3-4-14-7-9)5-10(6-11)13-8-12-2/h3-4,7,10H,5-6,8H2,1-2H3. The van der Waals surface area contributed by atoms with Gasteiger partial charge in [-0.15, -0.1) is 0 Å². The van der Waals surface area contributed by atoms with Crippen LogP contribution in [0.4, 0.5) is 0 Å². The molecule has 0 aliphatic heterocycles. The zero-order valence-electron chi connectivity index (χ0n) is 8.66. The van der Waals surface area contributed by atoms with Crippen molar-refractivity contribution in [1.82, 2.24) is 0 Å². The molecule has 0 saturated heterocycles. The smallest absolute Gasteiger partial charge is 0.146 e. The van der Waals surface area contributed by atoms with Gasteiger partial charge in [-0.1, -0.05) is 6.92 Å². The first-order valence-electron chi connectivity index (χ1n) is 4.88. The third-order valence-electron chi connectivity index (χ3n) is 3.00. The summed E-state index contributed by atoms with van der Waals surface area (Å²) in [5.41, 5.74) is 1.80. The molecule has 0 atom stereocenters. The van der Waals surface area contributed by atoms with Crippen LogP contribution in [0.15, 0.2) is 16.8 Å². The Kier molecular flexibility index (Phi) is 2.91. The van der Waals surface area contributed by atoms with E-state index in [1.807, 2.05) is 0 Å². The zero-order chi connectivity index (χ0) is 10.0. The minimum absolute atomic E-state index is 0.346. The molecule has 1 saturated carbocycles. The van der Waals surface area contributed by atoms with E-state index in [0.29, 0.717) is 18.3 Å². The third-order valence-corrected chi connectivity index (χ3v) is 3.68. The predicted molar refractivity (Wildman–Crippen MR) is 57.7 cm³/mol. The van der Waals surface area contributed by atoms with Gasteiger partial charge >= 0.3 is 0 Å². The van der Waals surface area contributed by atoms with E-state index in [1.165, 1.54) is 5.56 Å². The molecule has 1 aromatic heterocycles. The molecule has 1 heterocycles. The molecule has 1 aliphatic rings. The van der Waals surface area contributed by atoms with Crippen molar-refractivity contribution in [3.05, 3.63) is 22.4 Å². The molecule has 1 aliphatic carbocycles. The minimum Gasteiger partial charge on any atom is -0.359 e. The second kappa shape index (κ2) is 4.01. The molecule has 0 unspecified atom stereocenters. The summed E-state index contributed by atoms with van der Waals surface area (Å²) in [4.78, 5) is 0. The fourth-order valence-electron chi connectivity index (χ4n) is 2.07. The largest absolute Gasteiger partial charge is 0.359 e. The van der Waals surface area contributed by atoms with Crippen LogP contribution in [0.3, 0.4) is 0 Å². The molecular weight excluding hydrogens is 196 g/mol. The van der Waals surface area contributed by atoms with E-state index in [1.54, 1.807) is 18.4 Å². The Hall–Kier alpha value is -0.380. The maximum Gasteiger partial charge on any atom is 0.146 e. The number of hydrogen-bond acceptors (Lipinski definition) is 3. The summed E-state index contributed by atoms with van der Waals surface area (Å²) in [6, 6.07) is 2.22. The Morgan fingerprint density at radius 1 is 1.57 bits per heavy atom. The van der Waals surface area contributed by atoms with Crippen molar-refractivity contribution in [2.24, 2.45) is 0 Å². The van der Waals surface area contributed by atoms with Gasteiger partial charge in [0.25, 0.3) is 0 Å². The Morgan fingerprint density at radius 3 is 2.93 bits per heavy atom. The molecule has 0 amide bonds. The molecule has 78 valence electrons. The van der Waals surface area contributed by atoms with E-state index in [4.69, 9.17) is 9.47 Å². The molecule has 1 aromatic rings. The second-order valence-electron chi connectivity index (χ2n) is 4.18. The van der Waals surface area contributed by atoms with Crippen LogP contribution in [0.25, 0.3) is 0 Å². The van der Waals surface area contributed by atoms with Crippen LogP contribution in [0.1, 0.15) is 25.3 Å². The molecule has 0 aromatic carbocycles. The molecule has 0 bridgehead atoms. The molecule has 2 rings (SSSR count). The maximum atomic E-state index is 5.50. The van der Waals surface area contributed by atoms with Crippen molar-refractivity contribution in [1.29, 1.82) is 0 Å². The van der Waals surface area contributed by atoms with E-state index in [2.05, 4.69) is 23.8 Å². The first kappa shape index (κ1) is 10.1. The number of methoxy groups -OCH3 is 1. The Balaban J connectivity index is 1.86. The Morgan fingerprint density at radius 2 is 2.36 bits per heavy atom. The van der Waals surface area contributed by atoms with Crippen LogP contribution in [0.2, 0.25) is 0 Å². The lowest BCUT2D eigenvalue weighted by Crippen LogP contribution is -2.43. The number of thiophene rings is 1. The van der Waals surface area contributed by atoms with Gasteiger partial charge in [-0.25, -0.2) is 0 Å². The van der Waals surface area contributed by atoms with Crippen molar-refractivity contribution >= 4 is 11.3 Å². The monoisotopic (exact) mass is 212 g/mol. The van der Waals surface area contributed by atoms with Gasteiger partial charge < -0.3 is 9.47 Å². The lowest BCUT2D eigenvalue weighted by molar-refractivity contribution is -0.118. The van der Waals surface area contributed by atoms with Crippen molar-refractivity contribution < 1.29 is 9.47 Å². The summed E-state index contributed by atoms with van der Waals surface area (Å²) in [6.07, 6.45) is 2.63. The number of ether oxygens (including phenoxy) is 2. The van der Waals surface area contributed by atoms with Crippen LogP contribution in [-0.4, -0.2) is 20.0 Å². The van der Waals surface area contributed by atoms with Gasteiger partial charge in [0.1, 0.15) is 6.79 Å². The highest BCUT2D eigenvalue weighted by molar-refractivity contribution is 7.08. The van der Waals surface area contributed by atoms with Gasteiger partial charge in [-0.2, -0.15) is 11.3 Å². The van der Waals surface area contributed by atoms with Gasteiger partial charge in [-0.3, -0.25) is 0 Å². The summed E-state index contributed by atoms with van der Waals surface area (Å²) in [7, 11) is 1.66. The highest BCUT2D eigenvalue weighted by Crippen LogP contribution is 2.45. The number of hydrogen-bond donors (Lipinski definition) is 0. The van der Waals surface area contributed by atoms with Gasteiger partial charge in [0.15, 0.2) is 0 Å². The van der Waals surface area contributed by atoms with E-state index < -0.39 is 0 Å². The highest BCUT2D eigenvalue weighted by atomic mass is 32.1. The Labute approximate surface area is 88.8 Å². The summed E-state index contributed by atoms with van der Waals surface area (Å²) < 4.78 is 10.4. The topological polar surface area (TPSA) is 18.5 Å². The van der Waals surface area contributed by atoms with E-state index in [-0.39, 0.29) is 0 Å². The van der Waals surface area contributed by atoms with Crippen LogP contribution in [-0.2, 0) is 14.9 Å². The molecular formula is C11H16O2S. The van der Waals surface area contributed by atoms with Crippen molar-refractivity contribution in [3.8, 4) is 0 Å². The highest BCUT2D eigenvalue weighted by Gasteiger charge is 2.42. The average molecular weight is 212 g/mol. The van der Waals surface area contributed by atoms with Crippen molar-refractivity contribution in [3.63, 3.8) is 0 Å². The fraction of sp³-hybridized carbons (Fsp3) is 0.636. The van der Waals surface area contributed by atoms with Crippen molar-refractivity contribution in [2.45, 2.75) is 31.3 Å². The maximum absolute atomic E-state index is 5.50. The normalized spacial score (nSPS) is 31.4. The first-order valence-corrected chi connectivity index (χ1v) is 5.82. The van der Waals surface area contributed by atoms with Gasteiger partial charge in [-0.05, 0) is 40.6 Å². The van der Waals surface area contributed by atoms with Crippen LogP contribution in [0.5, 0.6) is 0 Å². The zero-order valence-corrected chi connectivity index (χ0v) is 9.47. The number of rotatable bonds is 4. The van der Waals surface area contributed by atoms with Gasteiger partial charge in [0.05, 0.1) is 6.10 Å². The predicted octanol–water partition coefficient (Wildman–Crippen LogP) is 2.79. The van der Waals surface area contributed by atoms with Gasteiger partial charge in [0, 0.05) is 7.11 Å². The lowest BCUT2D eigenvalue weighted by atomic mass is 9.65. The summed E-state index contributed by atoms with van der Waals surface area (Å²) in [5.74, 6) is 0. The average Bonchev–Trinajstić information content (AvgIpc) is 2.63. The van der Waals surface area contributed by atoms with Gasteiger partial charge in [0.2, 0.25) is 0 Å². The molecule has 3 heteroatoms. The summed E-state index contributed by atoms with van der Waals surface area (Å²) >= 11 is 1.77. The fourth-order valence-corrected chi connectivity index (χ4v) is 2.88. The molecule has 14 heavy (non-hydrogen) atoms. The quantitative estimate of drug-likeness (QED) is 0.714. The summed E-state index contributed by atoms with van der Waals surface area (Å²) in [6.45, 7) is 2.73. The van der Waals surface area contributed by atoms with Crippen molar-refractivity contribution in [2.75, 3.05) is 13.9 Å². The Bertz CT molecular complexity index is 275. The minimum atomic E-state index is 0.346. The summed E-state index contributed by atoms with van der Waals surface area (Å²) in [5, 5.41) is 4.39. The van der Waals surface area contributed by atoms with E-state index in [9.17, 15) is 0 Å². The lowest BCUT2D eigenvalue weighted by Gasteiger charge is -2.44.